The highest BCUT2D eigenvalue weighted by Gasteiger charge is 2.30. The van der Waals surface area contributed by atoms with E-state index in [1.807, 2.05) is 0 Å². The van der Waals surface area contributed by atoms with Crippen molar-refractivity contribution in [3.63, 3.8) is 0 Å². The van der Waals surface area contributed by atoms with Crippen LogP contribution in [0.4, 0.5) is 0 Å². The fraction of sp³-hybridized carbons (Fsp3) is 0.389. The minimum atomic E-state index is -0.653. The molecule has 0 N–H and O–H groups in total. The molecule has 7 nitrogen and oxygen atoms in total. The second-order valence-corrected chi connectivity index (χ2v) is 7.06. The average Bonchev–Trinajstić information content (AvgIpc) is 3.04. The van der Waals surface area contributed by atoms with Gasteiger partial charge in [-0.05, 0) is 19.1 Å². The first kappa shape index (κ1) is 18.5. The fourth-order valence-corrected chi connectivity index (χ4v) is 2.27. The lowest BCUT2D eigenvalue weighted by Crippen LogP contribution is -2.28. The van der Waals surface area contributed by atoms with Gasteiger partial charge in [-0.1, -0.05) is 20.8 Å². The minimum absolute atomic E-state index is 0.149. The molecule has 0 aliphatic carbocycles. The van der Waals surface area contributed by atoms with Gasteiger partial charge in [-0.2, -0.15) is 5.10 Å². The van der Waals surface area contributed by atoms with E-state index in [2.05, 4.69) is 15.1 Å². The van der Waals surface area contributed by atoms with Crippen molar-refractivity contribution < 1.29 is 9.59 Å². The van der Waals surface area contributed by atoms with E-state index in [4.69, 9.17) is 0 Å². The third-order valence-electron chi connectivity index (χ3n) is 3.53. The monoisotopic (exact) mass is 341 g/mol. The van der Waals surface area contributed by atoms with Crippen LogP contribution in [-0.2, 0) is 4.79 Å². The molecule has 7 heteroatoms. The molecule has 0 amide bonds. The van der Waals surface area contributed by atoms with Crippen molar-refractivity contribution in [1.29, 1.82) is 0 Å². The van der Waals surface area contributed by atoms with Crippen LogP contribution in [0.3, 0.4) is 0 Å². The third kappa shape index (κ3) is 4.17. The van der Waals surface area contributed by atoms with Gasteiger partial charge in [0.25, 0.3) is 0 Å². The van der Waals surface area contributed by atoms with Gasteiger partial charge in [0.05, 0.1) is 11.3 Å². The summed E-state index contributed by atoms with van der Waals surface area (Å²) in [6, 6.07) is 3.35. The van der Waals surface area contributed by atoms with Crippen LogP contribution >= 0.6 is 0 Å². The summed E-state index contributed by atoms with van der Waals surface area (Å²) in [6.45, 7) is 7.13. The number of hydrogen-bond donors (Lipinski definition) is 0. The quantitative estimate of drug-likeness (QED) is 0.359. The molecular formula is C18H23N5O2. The number of hydrogen-bond acceptors (Lipinski definition) is 6. The largest absolute Gasteiger partial charge is 0.383 e. The molecular weight excluding hydrogens is 318 g/mol. The summed E-state index contributed by atoms with van der Waals surface area (Å²) in [7, 11) is 3.56. The van der Waals surface area contributed by atoms with Crippen LogP contribution in [0, 0.1) is 12.3 Å². The Labute approximate surface area is 147 Å². The Bertz CT molecular complexity index is 814. The first-order valence-corrected chi connectivity index (χ1v) is 7.91. The molecule has 0 fully saturated rings. The number of allylic oxidation sites excluding steroid dienone is 1. The maximum atomic E-state index is 13.0. The van der Waals surface area contributed by atoms with E-state index in [9.17, 15) is 9.59 Å². The number of Topliss-reactive ketones (excluding diaryl/α,β-unsaturated/α-hetero) is 2. The van der Waals surface area contributed by atoms with Crippen LogP contribution in [0.25, 0.3) is 5.82 Å². The second-order valence-electron chi connectivity index (χ2n) is 7.06. The molecule has 0 aliphatic heterocycles. The lowest BCUT2D eigenvalue weighted by molar-refractivity contribution is -0.122. The molecule has 0 saturated carbocycles. The second kappa shape index (κ2) is 6.96. The highest BCUT2D eigenvalue weighted by atomic mass is 16.2. The van der Waals surface area contributed by atoms with Crippen LogP contribution < -0.4 is 0 Å². The van der Waals surface area contributed by atoms with Crippen LogP contribution in [0.15, 0.2) is 36.6 Å². The van der Waals surface area contributed by atoms with Gasteiger partial charge in [-0.15, -0.1) is 0 Å². The van der Waals surface area contributed by atoms with Crippen LogP contribution in [0.1, 0.15) is 36.8 Å². The zero-order valence-electron chi connectivity index (χ0n) is 15.4. The normalized spacial score (nSPS) is 12.2. The number of carbonyl (C=O) groups excluding carboxylic acids is 2. The molecule has 0 saturated heterocycles. The number of rotatable bonds is 5. The lowest BCUT2D eigenvalue weighted by Gasteiger charge is -2.20. The van der Waals surface area contributed by atoms with Crippen molar-refractivity contribution in [3.8, 4) is 5.82 Å². The molecule has 132 valence electrons. The summed E-state index contributed by atoms with van der Waals surface area (Å²) in [6.07, 6.45) is 4.51. The lowest BCUT2D eigenvalue weighted by atomic mass is 9.83. The van der Waals surface area contributed by atoms with Crippen LogP contribution in [-0.4, -0.2) is 50.3 Å². The fourth-order valence-electron chi connectivity index (χ4n) is 2.27. The van der Waals surface area contributed by atoms with Gasteiger partial charge >= 0.3 is 0 Å². The Morgan fingerprint density at radius 1 is 1.20 bits per heavy atom. The number of carbonyl (C=O) groups is 2. The Kier molecular flexibility index (Phi) is 5.15. The van der Waals surface area contributed by atoms with Gasteiger partial charge in [0.15, 0.2) is 17.4 Å². The number of pyridine rings is 1. The van der Waals surface area contributed by atoms with E-state index in [1.165, 1.54) is 17.3 Å². The van der Waals surface area contributed by atoms with Crippen molar-refractivity contribution in [1.82, 2.24) is 24.6 Å². The first-order valence-electron chi connectivity index (χ1n) is 7.91. The summed E-state index contributed by atoms with van der Waals surface area (Å²) < 4.78 is 1.51. The van der Waals surface area contributed by atoms with Gasteiger partial charge in [0, 0.05) is 31.3 Å². The maximum absolute atomic E-state index is 13.0. The molecule has 2 rings (SSSR count). The Hall–Kier alpha value is -2.83. The zero-order chi connectivity index (χ0) is 18.8. The maximum Gasteiger partial charge on any atom is 0.199 e. The molecule has 0 aromatic carbocycles. The Morgan fingerprint density at radius 3 is 2.36 bits per heavy atom. The molecule has 2 aromatic rings. The summed E-state index contributed by atoms with van der Waals surface area (Å²) in [4.78, 5) is 35.7. The molecule has 0 aliphatic rings. The Morgan fingerprint density at radius 2 is 1.88 bits per heavy atom. The van der Waals surface area contributed by atoms with Crippen molar-refractivity contribution >= 4 is 11.6 Å². The van der Waals surface area contributed by atoms with Crippen LogP contribution in [0.5, 0.6) is 0 Å². The van der Waals surface area contributed by atoms with E-state index >= 15 is 0 Å². The summed E-state index contributed by atoms with van der Waals surface area (Å²) in [5.41, 5.74) is 0.425. The topological polar surface area (TPSA) is 81.0 Å². The van der Waals surface area contributed by atoms with Crippen LogP contribution in [0.2, 0.25) is 0 Å². The SMILES string of the molecule is Cc1nc(-n2cncn2)ccc1C(=O)C(=CN(C)C)C(=O)C(C)(C)C. The Balaban J connectivity index is 2.45. The van der Waals surface area contributed by atoms with Gasteiger partial charge in [-0.3, -0.25) is 9.59 Å². The zero-order valence-corrected chi connectivity index (χ0v) is 15.4. The van der Waals surface area contributed by atoms with E-state index in [0.717, 1.165) is 0 Å². The molecule has 0 unspecified atom stereocenters. The molecule has 0 radical (unpaired) electrons. The summed E-state index contributed by atoms with van der Waals surface area (Å²) >= 11 is 0. The standard InChI is InChI=1S/C18H23N5O2/c1-12-13(7-8-15(21-12)23-11-19-10-20-23)16(24)14(9-22(5)6)17(25)18(2,3)4/h7-11H,1-6H3. The number of aromatic nitrogens is 4. The van der Waals surface area contributed by atoms with Crippen molar-refractivity contribution in [2.45, 2.75) is 27.7 Å². The minimum Gasteiger partial charge on any atom is -0.383 e. The van der Waals surface area contributed by atoms with Gasteiger partial charge in [0.1, 0.15) is 12.7 Å². The summed E-state index contributed by atoms with van der Waals surface area (Å²) in [5.74, 6) is 0.0292. The van der Waals surface area contributed by atoms with Crippen molar-refractivity contribution in [2.75, 3.05) is 14.1 Å². The molecule has 0 bridgehead atoms. The van der Waals surface area contributed by atoms with E-state index in [0.29, 0.717) is 17.1 Å². The van der Waals surface area contributed by atoms with Gasteiger partial charge in [0.2, 0.25) is 0 Å². The summed E-state index contributed by atoms with van der Waals surface area (Å²) in [5, 5.41) is 4.02. The van der Waals surface area contributed by atoms with E-state index < -0.39 is 5.41 Å². The highest BCUT2D eigenvalue weighted by Crippen LogP contribution is 2.24. The molecule has 0 spiro atoms. The average molecular weight is 341 g/mol. The molecule has 2 aromatic heterocycles. The predicted molar refractivity (Wildman–Crippen MR) is 94.5 cm³/mol. The molecule has 25 heavy (non-hydrogen) atoms. The smallest absolute Gasteiger partial charge is 0.199 e. The highest BCUT2D eigenvalue weighted by molar-refractivity contribution is 6.27. The number of ketones is 2. The van der Waals surface area contributed by atoms with Crippen molar-refractivity contribution in [2.24, 2.45) is 5.41 Å². The van der Waals surface area contributed by atoms with Crippen molar-refractivity contribution in [3.05, 3.63) is 47.8 Å². The predicted octanol–water partition coefficient (Wildman–Crippen LogP) is 2.21. The third-order valence-corrected chi connectivity index (χ3v) is 3.53. The molecule has 0 atom stereocenters. The van der Waals surface area contributed by atoms with E-state index in [1.54, 1.807) is 65.0 Å². The molecule has 2 heterocycles. The van der Waals surface area contributed by atoms with E-state index in [-0.39, 0.29) is 17.1 Å². The first-order chi connectivity index (χ1) is 11.6. The van der Waals surface area contributed by atoms with Gasteiger partial charge < -0.3 is 4.90 Å². The number of aryl methyl sites for hydroxylation is 1. The van der Waals surface area contributed by atoms with Gasteiger partial charge in [-0.25, -0.2) is 14.6 Å². The number of nitrogens with zero attached hydrogens (tertiary/aromatic N) is 5.